The molecule has 0 aliphatic rings. The summed E-state index contributed by atoms with van der Waals surface area (Å²) in [6.07, 6.45) is 8.12. The first-order valence-electron chi connectivity index (χ1n) is 7.47. The number of hydrogen-bond donors (Lipinski definition) is 1. The maximum atomic E-state index is 12.3. The number of hydrogen-bond acceptors (Lipinski definition) is 7. The number of pyridine rings is 1. The van der Waals surface area contributed by atoms with Crippen LogP contribution in [-0.2, 0) is 13.6 Å². The lowest BCUT2D eigenvalue weighted by atomic mass is 10.2. The Labute approximate surface area is 146 Å². The first kappa shape index (κ1) is 15.3. The maximum absolute atomic E-state index is 12.3. The van der Waals surface area contributed by atoms with Crippen molar-refractivity contribution in [1.82, 2.24) is 35.0 Å². The summed E-state index contributed by atoms with van der Waals surface area (Å²) < 4.78 is 1.69. The second-order valence-corrected chi connectivity index (χ2v) is 6.17. The van der Waals surface area contributed by atoms with Crippen LogP contribution in [0.3, 0.4) is 0 Å². The number of aryl methyl sites for hydroxylation is 1. The molecule has 0 saturated heterocycles. The molecule has 124 valence electrons. The van der Waals surface area contributed by atoms with Crippen LogP contribution in [0.5, 0.6) is 0 Å². The number of nitrogens with one attached hydrogen (secondary N) is 1. The fraction of sp³-hybridized carbons (Fsp3) is 0.125. The Kier molecular flexibility index (Phi) is 3.90. The first-order chi connectivity index (χ1) is 12.2. The third-order valence-corrected chi connectivity index (χ3v) is 4.54. The highest BCUT2D eigenvalue weighted by Gasteiger charge is 2.11. The van der Waals surface area contributed by atoms with Gasteiger partial charge in [-0.05, 0) is 6.07 Å². The lowest BCUT2D eigenvalue weighted by molar-refractivity contribution is 0.0950. The summed E-state index contributed by atoms with van der Waals surface area (Å²) in [5.41, 5.74) is 3.54. The van der Waals surface area contributed by atoms with Crippen LogP contribution in [0.4, 0.5) is 0 Å². The summed E-state index contributed by atoms with van der Waals surface area (Å²) >= 11 is 1.47. The molecule has 0 spiro atoms. The number of rotatable bonds is 4. The molecular formula is C16H13N7OS. The Balaban J connectivity index is 1.46. The Morgan fingerprint density at radius 1 is 1.24 bits per heavy atom. The van der Waals surface area contributed by atoms with E-state index in [0.29, 0.717) is 12.1 Å². The van der Waals surface area contributed by atoms with E-state index in [1.165, 1.54) is 11.3 Å². The molecule has 0 atom stereocenters. The minimum atomic E-state index is -0.204. The van der Waals surface area contributed by atoms with Crippen molar-refractivity contribution in [2.45, 2.75) is 6.54 Å². The van der Waals surface area contributed by atoms with Crippen molar-refractivity contribution in [3.05, 3.63) is 53.7 Å². The van der Waals surface area contributed by atoms with Crippen molar-refractivity contribution in [2.24, 2.45) is 7.05 Å². The van der Waals surface area contributed by atoms with Crippen LogP contribution in [0.1, 0.15) is 16.1 Å². The Morgan fingerprint density at radius 3 is 3.00 bits per heavy atom. The van der Waals surface area contributed by atoms with Crippen molar-refractivity contribution in [3.8, 4) is 10.7 Å². The second kappa shape index (κ2) is 6.36. The lowest BCUT2D eigenvalue weighted by Crippen LogP contribution is -2.23. The molecule has 0 radical (unpaired) electrons. The van der Waals surface area contributed by atoms with Gasteiger partial charge >= 0.3 is 0 Å². The van der Waals surface area contributed by atoms with Gasteiger partial charge in [-0.25, -0.2) is 4.98 Å². The van der Waals surface area contributed by atoms with E-state index >= 15 is 0 Å². The van der Waals surface area contributed by atoms with Gasteiger partial charge in [-0.15, -0.1) is 11.3 Å². The lowest BCUT2D eigenvalue weighted by Gasteiger charge is -2.03. The number of amides is 1. The number of carbonyl (C=O) groups is 1. The molecule has 8 nitrogen and oxygen atoms in total. The highest BCUT2D eigenvalue weighted by Crippen LogP contribution is 2.20. The summed E-state index contributed by atoms with van der Waals surface area (Å²) in [6, 6.07) is 1.77. The van der Waals surface area contributed by atoms with Gasteiger partial charge in [0.2, 0.25) is 0 Å². The first-order valence-corrected chi connectivity index (χ1v) is 8.35. The molecule has 0 aromatic carbocycles. The van der Waals surface area contributed by atoms with Gasteiger partial charge in [0.15, 0.2) is 0 Å². The highest BCUT2D eigenvalue weighted by molar-refractivity contribution is 7.13. The van der Waals surface area contributed by atoms with Crippen molar-refractivity contribution < 1.29 is 4.79 Å². The van der Waals surface area contributed by atoms with Gasteiger partial charge in [0.05, 0.1) is 35.7 Å². The average Bonchev–Trinajstić information content (AvgIpc) is 3.27. The average molecular weight is 351 g/mol. The summed E-state index contributed by atoms with van der Waals surface area (Å²) in [4.78, 5) is 29.3. The molecule has 9 heteroatoms. The topological polar surface area (TPSA) is 98.5 Å². The van der Waals surface area contributed by atoms with Gasteiger partial charge in [-0.2, -0.15) is 5.10 Å². The second-order valence-electron chi connectivity index (χ2n) is 5.31. The molecule has 1 amide bonds. The molecule has 4 aromatic heterocycles. The molecule has 4 aromatic rings. The van der Waals surface area contributed by atoms with Crippen LogP contribution < -0.4 is 5.32 Å². The standard InChI is InChI=1S/C16H13N7OS/c1-23-14-4-10(5-19-12(14)8-21-23)15(24)20-6-11-9-25-16(22-11)13-7-17-2-3-18-13/h2-5,7-9H,6H2,1H3,(H,20,24). The normalized spacial score (nSPS) is 10.9. The molecule has 0 aliphatic heterocycles. The van der Waals surface area contributed by atoms with Crippen molar-refractivity contribution in [3.63, 3.8) is 0 Å². The van der Waals surface area contributed by atoms with Crippen LogP contribution >= 0.6 is 11.3 Å². The zero-order valence-corrected chi connectivity index (χ0v) is 14.1. The van der Waals surface area contributed by atoms with Gasteiger partial charge < -0.3 is 5.32 Å². The third-order valence-electron chi connectivity index (χ3n) is 3.63. The number of nitrogens with zero attached hydrogens (tertiary/aromatic N) is 6. The molecule has 25 heavy (non-hydrogen) atoms. The van der Waals surface area contributed by atoms with E-state index in [2.05, 4.69) is 30.4 Å². The fourth-order valence-electron chi connectivity index (χ4n) is 2.34. The van der Waals surface area contributed by atoms with Crippen LogP contribution in [0.15, 0.2) is 42.4 Å². The molecule has 1 N–H and O–H groups in total. The molecule has 0 unspecified atom stereocenters. The summed E-state index contributed by atoms with van der Waals surface area (Å²) in [7, 11) is 1.81. The molecule has 0 bridgehead atoms. The van der Waals surface area contributed by atoms with Crippen molar-refractivity contribution >= 4 is 28.3 Å². The van der Waals surface area contributed by atoms with E-state index in [1.807, 2.05) is 12.4 Å². The van der Waals surface area contributed by atoms with Crippen molar-refractivity contribution in [2.75, 3.05) is 0 Å². The van der Waals surface area contributed by atoms with Gasteiger partial charge in [0.25, 0.3) is 5.91 Å². The Bertz CT molecular complexity index is 1040. The van der Waals surface area contributed by atoms with E-state index in [0.717, 1.165) is 27.4 Å². The molecule has 0 aliphatic carbocycles. The molecule has 4 heterocycles. The van der Waals surface area contributed by atoms with E-state index in [1.54, 1.807) is 41.7 Å². The molecule has 0 fully saturated rings. The monoisotopic (exact) mass is 351 g/mol. The predicted octanol–water partition coefficient (Wildman–Crippen LogP) is 1.81. The van der Waals surface area contributed by atoms with Crippen LogP contribution in [0.25, 0.3) is 21.7 Å². The number of carbonyl (C=O) groups excluding carboxylic acids is 1. The maximum Gasteiger partial charge on any atom is 0.253 e. The number of aromatic nitrogens is 6. The molecular weight excluding hydrogens is 338 g/mol. The van der Waals surface area contributed by atoms with E-state index < -0.39 is 0 Å². The number of thiazole rings is 1. The largest absolute Gasteiger partial charge is 0.346 e. The SMILES string of the molecule is Cn1ncc2ncc(C(=O)NCc3csc(-c4cnccn4)n3)cc21. The summed E-state index contributed by atoms with van der Waals surface area (Å²) in [6.45, 7) is 0.332. The summed E-state index contributed by atoms with van der Waals surface area (Å²) in [5, 5.41) is 9.65. The Morgan fingerprint density at radius 2 is 2.16 bits per heavy atom. The minimum absolute atomic E-state index is 0.204. The van der Waals surface area contributed by atoms with E-state index in [4.69, 9.17) is 0 Å². The molecule has 4 rings (SSSR count). The fourth-order valence-corrected chi connectivity index (χ4v) is 3.12. The van der Waals surface area contributed by atoms with Crippen LogP contribution in [0, 0.1) is 0 Å². The third kappa shape index (κ3) is 3.09. The number of fused-ring (bicyclic) bond motifs is 1. The van der Waals surface area contributed by atoms with Gasteiger partial charge in [-0.1, -0.05) is 0 Å². The summed E-state index contributed by atoms with van der Waals surface area (Å²) in [5.74, 6) is -0.204. The minimum Gasteiger partial charge on any atom is -0.346 e. The zero-order valence-electron chi connectivity index (χ0n) is 13.2. The van der Waals surface area contributed by atoms with Gasteiger partial charge in [0.1, 0.15) is 16.2 Å². The zero-order chi connectivity index (χ0) is 17.2. The highest BCUT2D eigenvalue weighted by atomic mass is 32.1. The van der Waals surface area contributed by atoms with E-state index in [9.17, 15) is 4.79 Å². The van der Waals surface area contributed by atoms with Gasteiger partial charge in [0, 0.05) is 31.0 Å². The van der Waals surface area contributed by atoms with Gasteiger partial charge in [-0.3, -0.25) is 24.4 Å². The quantitative estimate of drug-likeness (QED) is 0.602. The van der Waals surface area contributed by atoms with Crippen molar-refractivity contribution in [1.29, 1.82) is 0 Å². The predicted molar refractivity (Wildman–Crippen MR) is 92.8 cm³/mol. The van der Waals surface area contributed by atoms with Crippen LogP contribution in [-0.4, -0.2) is 35.6 Å². The van der Waals surface area contributed by atoms with E-state index in [-0.39, 0.29) is 5.91 Å². The smallest absolute Gasteiger partial charge is 0.253 e. The molecule has 0 saturated carbocycles. The Hall–Kier alpha value is -3.20. The van der Waals surface area contributed by atoms with Crippen LogP contribution in [0.2, 0.25) is 0 Å².